The molecule has 0 aromatic heterocycles. The van der Waals surface area contributed by atoms with Crippen LogP contribution in [0, 0.1) is 10.8 Å². The first-order valence-electron chi connectivity index (χ1n) is 14.2. The molecule has 7 aliphatic rings. The quantitative estimate of drug-likeness (QED) is 0.283. The van der Waals surface area contributed by atoms with Gasteiger partial charge in [0, 0.05) is 24.3 Å². The van der Waals surface area contributed by atoms with Crippen LogP contribution in [0.3, 0.4) is 0 Å². The molecule has 11 atom stereocenters. The highest BCUT2D eigenvalue weighted by Crippen LogP contribution is 2.72. The Morgan fingerprint density at radius 2 is 1.90 bits per heavy atom. The van der Waals surface area contributed by atoms with Crippen molar-refractivity contribution in [1.82, 2.24) is 0 Å². The molecule has 2 N–H and O–H groups in total. The predicted molar refractivity (Wildman–Crippen MR) is 133 cm³/mol. The summed E-state index contributed by atoms with van der Waals surface area (Å²) in [7, 11) is 0. The number of epoxide rings is 2. The van der Waals surface area contributed by atoms with Crippen LogP contribution in [0.25, 0.3) is 0 Å². The molecular formula is C29H38O10. The van der Waals surface area contributed by atoms with E-state index in [9.17, 15) is 19.8 Å². The number of hydrogen-bond acceptors (Lipinski definition) is 10. The molecule has 4 bridgehead atoms. The Hall–Kier alpha value is -1.82. The summed E-state index contributed by atoms with van der Waals surface area (Å²) >= 11 is 0. The molecule has 0 unspecified atom stereocenters. The first-order chi connectivity index (χ1) is 18.5. The molecule has 39 heavy (non-hydrogen) atoms. The van der Waals surface area contributed by atoms with Gasteiger partial charge in [0.1, 0.15) is 35.6 Å². The van der Waals surface area contributed by atoms with Crippen molar-refractivity contribution >= 4 is 11.9 Å². The third-order valence-electron chi connectivity index (χ3n) is 11.3. The number of cyclic esters (lactones) is 1. The number of hydrogen-bond donors (Lipinski definition) is 2. The molecule has 5 fully saturated rings. The minimum atomic E-state index is -1.35. The average molecular weight is 547 g/mol. The van der Waals surface area contributed by atoms with Crippen molar-refractivity contribution in [3.63, 3.8) is 0 Å². The molecule has 5 heterocycles. The Labute approximate surface area is 227 Å². The number of fused-ring (bicyclic) bond motifs is 1. The van der Waals surface area contributed by atoms with E-state index >= 15 is 0 Å². The number of allylic oxidation sites excluding steroid dienone is 2. The maximum Gasteiger partial charge on any atom is 0.338 e. The van der Waals surface area contributed by atoms with E-state index < -0.39 is 64.0 Å². The summed E-state index contributed by atoms with van der Waals surface area (Å²) < 4.78 is 36.9. The number of esters is 2. The first kappa shape index (κ1) is 26.1. The molecule has 1 saturated carbocycles. The molecule has 10 heteroatoms. The number of aliphatic hydroxyl groups excluding tert-OH is 2. The van der Waals surface area contributed by atoms with E-state index in [1.54, 1.807) is 13.0 Å². The zero-order valence-corrected chi connectivity index (χ0v) is 22.7. The molecule has 214 valence electrons. The van der Waals surface area contributed by atoms with Crippen LogP contribution in [0.4, 0.5) is 0 Å². The molecule has 5 aliphatic heterocycles. The third kappa shape index (κ3) is 3.24. The minimum absolute atomic E-state index is 0.0442. The summed E-state index contributed by atoms with van der Waals surface area (Å²) in [5.74, 6) is -1.02. The predicted octanol–water partition coefficient (Wildman–Crippen LogP) is 1.50. The van der Waals surface area contributed by atoms with Gasteiger partial charge >= 0.3 is 11.9 Å². The molecule has 0 aromatic rings. The maximum absolute atomic E-state index is 13.6. The number of carbonyl (C=O) groups excluding carboxylic acids is 2. The molecule has 10 nitrogen and oxygen atoms in total. The largest absolute Gasteiger partial charge is 0.463 e. The molecule has 3 spiro atoms. The van der Waals surface area contributed by atoms with Gasteiger partial charge in [0.2, 0.25) is 0 Å². The number of rotatable bonds is 1. The summed E-state index contributed by atoms with van der Waals surface area (Å²) in [5, 5.41) is 22.2. The van der Waals surface area contributed by atoms with Crippen LogP contribution in [-0.4, -0.2) is 95.4 Å². The fraction of sp³-hybridized carbons (Fsp3) is 0.793. The van der Waals surface area contributed by atoms with E-state index in [4.69, 9.17) is 28.4 Å². The van der Waals surface area contributed by atoms with Gasteiger partial charge in [-0.2, -0.15) is 0 Å². The zero-order chi connectivity index (χ0) is 27.4. The highest BCUT2D eigenvalue weighted by Gasteiger charge is 2.83. The second-order valence-corrected chi connectivity index (χ2v) is 12.9. The molecular weight excluding hydrogens is 508 g/mol. The Bertz CT molecular complexity index is 1140. The van der Waals surface area contributed by atoms with Gasteiger partial charge in [-0.1, -0.05) is 24.6 Å². The lowest BCUT2D eigenvalue weighted by Crippen LogP contribution is -2.67. The summed E-state index contributed by atoms with van der Waals surface area (Å²) in [6, 6.07) is 0. The standard InChI is InChI=1S/C29H38O10/c1-16-7-9-26-14-34-23(32)22-28(39-22)10-11-35-27(17(2)30,24(28)33)8-5-4-6-21(31)38-18-13-20(37-19(26)12-16)29(15-36-29)25(18,26)3/h4,6,12,17-20,22,24,30,33H,5,7-11,13-15H2,1-3H3/b6-4-/t17-,18-,19-,20-,22+,24-,25-,26-,27-,28-,29-/m0/s1. The van der Waals surface area contributed by atoms with Gasteiger partial charge < -0.3 is 38.6 Å². The molecule has 7 rings (SSSR count). The van der Waals surface area contributed by atoms with Crippen LogP contribution in [0.15, 0.2) is 23.8 Å². The third-order valence-corrected chi connectivity index (χ3v) is 11.3. The van der Waals surface area contributed by atoms with E-state index in [0.717, 1.165) is 6.42 Å². The van der Waals surface area contributed by atoms with Crippen molar-refractivity contribution < 1.29 is 48.2 Å². The van der Waals surface area contributed by atoms with Crippen LogP contribution in [0.2, 0.25) is 0 Å². The van der Waals surface area contributed by atoms with Crippen LogP contribution >= 0.6 is 0 Å². The van der Waals surface area contributed by atoms with Crippen molar-refractivity contribution in [1.29, 1.82) is 0 Å². The van der Waals surface area contributed by atoms with Crippen LogP contribution in [0.1, 0.15) is 59.3 Å². The minimum Gasteiger partial charge on any atom is -0.463 e. The van der Waals surface area contributed by atoms with Crippen LogP contribution < -0.4 is 0 Å². The molecule has 2 aliphatic carbocycles. The Morgan fingerprint density at radius 3 is 2.64 bits per heavy atom. The van der Waals surface area contributed by atoms with E-state index in [2.05, 4.69) is 19.9 Å². The second-order valence-electron chi connectivity index (χ2n) is 12.9. The fourth-order valence-electron chi connectivity index (χ4n) is 8.71. The zero-order valence-electron chi connectivity index (χ0n) is 22.7. The van der Waals surface area contributed by atoms with Crippen molar-refractivity contribution in [2.75, 3.05) is 19.8 Å². The van der Waals surface area contributed by atoms with E-state index in [1.807, 2.05) is 0 Å². The van der Waals surface area contributed by atoms with Gasteiger partial charge in [0.15, 0.2) is 6.10 Å². The van der Waals surface area contributed by atoms with Crippen LogP contribution in [0.5, 0.6) is 0 Å². The second kappa shape index (κ2) is 8.36. The number of aliphatic hydroxyl groups is 2. The van der Waals surface area contributed by atoms with Gasteiger partial charge in [-0.25, -0.2) is 9.59 Å². The van der Waals surface area contributed by atoms with Crippen molar-refractivity contribution in [3.05, 3.63) is 23.8 Å². The molecule has 4 saturated heterocycles. The lowest BCUT2D eigenvalue weighted by molar-refractivity contribution is -0.233. The fourth-order valence-corrected chi connectivity index (χ4v) is 8.71. The SMILES string of the molecule is CC1=C[C@@H]2O[C@H]3C[C@@H]4OC(=O)/C=C\CC[C@@]5([C@H](C)O)OCC[C@@]6(O[C@@H]6C(=O)OC[C@]2(CC1)[C@@]4(C)[C@]31CO1)[C@H]5O. The van der Waals surface area contributed by atoms with Gasteiger partial charge in [-0.05, 0) is 39.5 Å². The van der Waals surface area contributed by atoms with E-state index in [0.29, 0.717) is 32.3 Å². The highest BCUT2D eigenvalue weighted by molar-refractivity contribution is 5.82. The topological polar surface area (TPSA) is 137 Å². The summed E-state index contributed by atoms with van der Waals surface area (Å²) in [6.45, 7) is 6.50. The summed E-state index contributed by atoms with van der Waals surface area (Å²) in [5.41, 5.74) is -3.24. The van der Waals surface area contributed by atoms with Crippen LogP contribution in [-0.2, 0) is 38.0 Å². The van der Waals surface area contributed by atoms with Crippen molar-refractivity contribution in [2.45, 2.75) is 113 Å². The highest BCUT2D eigenvalue weighted by atomic mass is 16.7. The lowest BCUT2D eigenvalue weighted by atomic mass is 9.51. The molecule has 0 amide bonds. The van der Waals surface area contributed by atoms with Gasteiger partial charge in [0.25, 0.3) is 0 Å². The Balaban J connectivity index is 1.28. The normalized spacial score (nSPS) is 54.0. The Morgan fingerprint density at radius 1 is 1.10 bits per heavy atom. The average Bonchev–Trinajstić information content (AvgIpc) is 3.81. The smallest absolute Gasteiger partial charge is 0.338 e. The molecule has 0 radical (unpaired) electrons. The molecule has 0 aromatic carbocycles. The van der Waals surface area contributed by atoms with E-state index in [1.165, 1.54) is 11.6 Å². The van der Waals surface area contributed by atoms with Gasteiger partial charge in [0.05, 0.1) is 36.9 Å². The monoisotopic (exact) mass is 546 g/mol. The first-order valence-corrected chi connectivity index (χ1v) is 14.2. The maximum atomic E-state index is 13.6. The summed E-state index contributed by atoms with van der Waals surface area (Å²) in [6.07, 6.45) is 3.80. The van der Waals surface area contributed by atoms with E-state index in [-0.39, 0.29) is 31.8 Å². The number of ether oxygens (including phenoxy) is 6. The van der Waals surface area contributed by atoms with Gasteiger partial charge in [-0.15, -0.1) is 0 Å². The summed E-state index contributed by atoms with van der Waals surface area (Å²) in [4.78, 5) is 26.7. The van der Waals surface area contributed by atoms with Gasteiger partial charge in [-0.3, -0.25) is 0 Å². The van der Waals surface area contributed by atoms with Crippen molar-refractivity contribution in [3.8, 4) is 0 Å². The lowest BCUT2D eigenvalue weighted by Gasteiger charge is -2.58. The number of carbonyl (C=O) groups is 2. The van der Waals surface area contributed by atoms with Crippen molar-refractivity contribution in [2.24, 2.45) is 10.8 Å². The Kier molecular flexibility index (Phi) is 5.60.